The predicted molar refractivity (Wildman–Crippen MR) is 75.6 cm³/mol. The van der Waals surface area contributed by atoms with Crippen LogP contribution in [0.15, 0.2) is 42.5 Å². The van der Waals surface area contributed by atoms with Crippen molar-refractivity contribution < 1.29 is 0 Å². The maximum Gasteiger partial charge on any atom is 0.0681 e. The highest BCUT2D eigenvalue weighted by Gasteiger charge is 2.05. The molecule has 0 atom stereocenters. The second-order valence-electron chi connectivity index (χ2n) is 4.86. The standard InChI is InChI=1S/C16H16N2/c1-11-4-5-14-10-15(7-6-13(14)8-11)16-9-12(2)17-18(16)3/h4-10H,1-3H3. The summed E-state index contributed by atoms with van der Waals surface area (Å²) < 4.78 is 1.94. The van der Waals surface area contributed by atoms with Gasteiger partial charge in [-0.3, -0.25) is 4.68 Å². The van der Waals surface area contributed by atoms with Crippen LogP contribution in [-0.2, 0) is 7.05 Å². The molecule has 0 amide bonds. The lowest BCUT2D eigenvalue weighted by atomic mass is 10.0. The molecule has 2 heteroatoms. The van der Waals surface area contributed by atoms with Crippen molar-refractivity contribution in [2.75, 3.05) is 0 Å². The molecule has 0 aliphatic heterocycles. The molecule has 18 heavy (non-hydrogen) atoms. The molecule has 3 rings (SSSR count). The van der Waals surface area contributed by atoms with Crippen molar-refractivity contribution in [2.24, 2.45) is 7.05 Å². The van der Waals surface area contributed by atoms with Crippen LogP contribution in [0.1, 0.15) is 11.3 Å². The second kappa shape index (κ2) is 3.98. The Morgan fingerprint density at radius 1 is 0.889 bits per heavy atom. The molecule has 0 saturated heterocycles. The van der Waals surface area contributed by atoms with Gasteiger partial charge in [-0.05, 0) is 36.8 Å². The van der Waals surface area contributed by atoms with Crippen molar-refractivity contribution in [3.63, 3.8) is 0 Å². The first kappa shape index (κ1) is 11.0. The van der Waals surface area contributed by atoms with Gasteiger partial charge >= 0.3 is 0 Å². The molecule has 0 spiro atoms. The van der Waals surface area contributed by atoms with E-state index in [2.05, 4.69) is 54.5 Å². The molecule has 1 heterocycles. The lowest BCUT2D eigenvalue weighted by Crippen LogP contribution is -1.93. The van der Waals surface area contributed by atoms with E-state index >= 15 is 0 Å². The summed E-state index contributed by atoms with van der Waals surface area (Å²) in [6, 6.07) is 15.2. The van der Waals surface area contributed by atoms with E-state index < -0.39 is 0 Å². The van der Waals surface area contributed by atoms with E-state index in [0.29, 0.717) is 0 Å². The minimum atomic E-state index is 1.05. The molecule has 0 aliphatic rings. The number of aromatic nitrogens is 2. The number of hydrogen-bond donors (Lipinski definition) is 0. The van der Waals surface area contributed by atoms with Gasteiger partial charge in [-0.15, -0.1) is 0 Å². The summed E-state index contributed by atoms with van der Waals surface area (Å²) in [5, 5.41) is 6.96. The Morgan fingerprint density at radius 2 is 1.61 bits per heavy atom. The zero-order chi connectivity index (χ0) is 12.7. The smallest absolute Gasteiger partial charge is 0.0681 e. The Bertz CT molecular complexity index is 723. The van der Waals surface area contributed by atoms with Gasteiger partial charge in [0.15, 0.2) is 0 Å². The van der Waals surface area contributed by atoms with E-state index in [1.807, 2.05) is 18.7 Å². The average molecular weight is 236 g/mol. The van der Waals surface area contributed by atoms with E-state index in [4.69, 9.17) is 0 Å². The Labute approximate surface area is 107 Å². The zero-order valence-electron chi connectivity index (χ0n) is 10.9. The third-order valence-electron chi connectivity index (χ3n) is 3.29. The summed E-state index contributed by atoms with van der Waals surface area (Å²) in [5.74, 6) is 0. The Kier molecular flexibility index (Phi) is 2.44. The van der Waals surface area contributed by atoms with Gasteiger partial charge in [-0.2, -0.15) is 5.10 Å². The molecule has 3 aromatic rings. The Hall–Kier alpha value is -2.09. The maximum atomic E-state index is 4.40. The number of hydrogen-bond acceptors (Lipinski definition) is 1. The van der Waals surface area contributed by atoms with Crippen molar-refractivity contribution >= 4 is 10.8 Å². The van der Waals surface area contributed by atoms with Crippen LogP contribution < -0.4 is 0 Å². The zero-order valence-corrected chi connectivity index (χ0v) is 10.9. The first-order valence-electron chi connectivity index (χ1n) is 6.15. The van der Waals surface area contributed by atoms with Gasteiger partial charge in [-0.25, -0.2) is 0 Å². The highest BCUT2D eigenvalue weighted by Crippen LogP contribution is 2.25. The summed E-state index contributed by atoms with van der Waals surface area (Å²) in [6.45, 7) is 4.14. The number of benzene rings is 2. The van der Waals surface area contributed by atoms with E-state index in [1.165, 1.54) is 21.9 Å². The van der Waals surface area contributed by atoms with Crippen LogP contribution in [0.25, 0.3) is 22.0 Å². The van der Waals surface area contributed by atoms with Gasteiger partial charge in [0.1, 0.15) is 0 Å². The highest BCUT2D eigenvalue weighted by molar-refractivity contribution is 5.87. The Balaban J connectivity index is 2.19. The molecule has 2 nitrogen and oxygen atoms in total. The summed E-state index contributed by atoms with van der Waals surface area (Å²) >= 11 is 0. The van der Waals surface area contributed by atoms with Gasteiger partial charge in [-0.1, -0.05) is 35.9 Å². The molecule has 0 bridgehead atoms. The molecule has 0 N–H and O–H groups in total. The number of rotatable bonds is 1. The van der Waals surface area contributed by atoms with E-state index in [0.717, 1.165) is 11.4 Å². The molecule has 0 aliphatic carbocycles. The lowest BCUT2D eigenvalue weighted by molar-refractivity contribution is 0.764. The lowest BCUT2D eigenvalue weighted by Gasteiger charge is -2.05. The molecular formula is C16H16N2. The molecule has 0 radical (unpaired) electrons. The van der Waals surface area contributed by atoms with Crippen molar-refractivity contribution in [2.45, 2.75) is 13.8 Å². The normalized spacial score (nSPS) is 11.1. The fourth-order valence-electron chi connectivity index (χ4n) is 2.41. The minimum absolute atomic E-state index is 1.05. The van der Waals surface area contributed by atoms with Crippen molar-refractivity contribution in [1.29, 1.82) is 0 Å². The predicted octanol–water partition coefficient (Wildman–Crippen LogP) is 3.86. The maximum absolute atomic E-state index is 4.40. The monoisotopic (exact) mass is 236 g/mol. The fourth-order valence-corrected chi connectivity index (χ4v) is 2.41. The van der Waals surface area contributed by atoms with Crippen LogP contribution in [0, 0.1) is 13.8 Å². The quantitative estimate of drug-likeness (QED) is 0.627. The Morgan fingerprint density at radius 3 is 2.33 bits per heavy atom. The number of aryl methyl sites for hydroxylation is 3. The third-order valence-corrected chi connectivity index (χ3v) is 3.29. The first-order valence-corrected chi connectivity index (χ1v) is 6.15. The molecule has 2 aromatic carbocycles. The minimum Gasteiger partial charge on any atom is -0.268 e. The fraction of sp³-hybridized carbons (Fsp3) is 0.188. The van der Waals surface area contributed by atoms with Gasteiger partial charge in [0, 0.05) is 12.6 Å². The largest absolute Gasteiger partial charge is 0.268 e. The SMILES string of the molecule is Cc1ccc2cc(-c3cc(C)nn3C)ccc2c1. The molecule has 0 saturated carbocycles. The number of nitrogens with zero attached hydrogens (tertiary/aromatic N) is 2. The summed E-state index contributed by atoms with van der Waals surface area (Å²) in [7, 11) is 1.99. The summed E-state index contributed by atoms with van der Waals surface area (Å²) in [4.78, 5) is 0. The molecule has 0 unspecified atom stereocenters. The van der Waals surface area contributed by atoms with Crippen LogP contribution in [-0.4, -0.2) is 9.78 Å². The molecule has 90 valence electrons. The van der Waals surface area contributed by atoms with Gasteiger partial charge < -0.3 is 0 Å². The highest BCUT2D eigenvalue weighted by atomic mass is 15.3. The van der Waals surface area contributed by atoms with Crippen molar-refractivity contribution in [3.8, 4) is 11.3 Å². The van der Waals surface area contributed by atoms with Gasteiger partial charge in [0.2, 0.25) is 0 Å². The van der Waals surface area contributed by atoms with E-state index in [-0.39, 0.29) is 0 Å². The third kappa shape index (κ3) is 1.80. The molecule has 1 aromatic heterocycles. The molecule has 0 fully saturated rings. The van der Waals surface area contributed by atoms with Crippen molar-refractivity contribution in [3.05, 3.63) is 53.7 Å². The van der Waals surface area contributed by atoms with Crippen LogP contribution in [0.2, 0.25) is 0 Å². The summed E-state index contributed by atoms with van der Waals surface area (Å²) in [6.07, 6.45) is 0. The van der Waals surface area contributed by atoms with E-state index in [1.54, 1.807) is 0 Å². The van der Waals surface area contributed by atoms with Crippen LogP contribution >= 0.6 is 0 Å². The van der Waals surface area contributed by atoms with E-state index in [9.17, 15) is 0 Å². The van der Waals surface area contributed by atoms with Crippen LogP contribution in [0.4, 0.5) is 0 Å². The number of fused-ring (bicyclic) bond motifs is 1. The summed E-state index contributed by atoms with van der Waals surface area (Å²) in [5.41, 5.74) is 4.73. The van der Waals surface area contributed by atoms with Crippen LogP contribution in [0.3, 0.4) is 0 Å². The second-order valence-corrected chi connectivity index (χ2v) is 4.86. The van der Waals surface area contributed by atoms with Gasteiger partial charge in [0.05, 0.1) is 11.4 Å². The average Bonchev–Trinajstić information content (AvgIpc) is 2.68. The molecular weight excluding hydrogens is 220 g/mol. The first-order chi connectivity index (χ1) is 8.63. The topological polar surface area (TPSA) is 17.8 Å². The van der Waals surface area contributed by atoms with Crippen LogP contribution in [0.5, 0.6) is 0 Å². The van der Waals surface area contributed by atoms with Crippen molar-refractivity contribution in [1.82, 2.24) is 9.78 Å². The van der Waals surface area contributed by atoms with Gasteiger partial charge in [0.25, 0.3) is 0 Å².